The van der Waals surface area contributed by atoms with E-state index in [0.29, 0.717) is 5.69 Å². The Morgan fingerprint density at radius 1 is 1.47 bits per heavy atom. The minimum Gasteiger partial charge on any atom is -0.282 e. The van der Waals surface area contributed by atoms with Crippen molar-refractivity contribution in [2.75, 3.05) is 0 Å². The average Bonchev–Trinajstić information content (AvgIpc) is 2.06. The van der Waals surface area contributed by atoms with Gasteiger partial charge in [0.25, 0.3) is 5.69 Å². The van der Waals surface area contributed by atoms with E-state index in [1.807, 2.05) is 0 Å². The van der Waals surface area contributed by atoms with E-state index in [1.165, 1.54) is 13.8 Å². The van der Waals surface area contributed by atoms with Crippen LogP contribution in [0.25, 0.3) is 0 Å². The van der Waals surface area contributed by atoms with Gasteiger partial charge in [-0.3, -0.25) is 19.7 Å². The summed E-state index contributed by atoms with van der Waals surface area (Å²) < 4.78 is 30.4. The molecule has 1 heterocycles. The van der Waals surface area contributed by atoms with Crippen LogP contribution in [0.5, 0.6) is 0 Å². The Hall–Kier alpha value is -1.54. The first kappa shape index (κ1) is 11.5. The van der Waals surface area contributed by atoms with E-state index in [9.17, 15) is 18.5 Å². The molecule has 0 atom stereocenters. The van der Waals surface area contributed by atoms with Crippen molar-refractivity contribution in [3.63, 3.8) is 0 Å². The normalized spacial score (nSPS) is 11.4. The summed E-state index contributed by atoms with van der Waals surface area (Å²) in [5.41, 5.74) is -0.172. The molecule has 8 heteroatoms. The average molecular weight is 232 g/mol. The third-order valence-electron chi connectivity index (χ3n) is 1.97. The van der Waals surface area contributed by atoms with Gasteiger partial charge < -0.3 is 0 Å². The Balaban J connectivity index is 3.70. The van der Waals surface area contributed by atoms with Crippen LogP contribution in [-0.2, 0) is 10.1 Å². The zero-order chi connectivity index (χ0) is 11.8. The third-order valence-corrected chi connectivity index (χ3v) is 2.82. The maximum atomic E-state index is 10.8. The van der Waals surface area contributed by atoms with Crippen LogP contribution in [0.2, 0.25) is 0 Å². The van der Waals surface area contributed by atoms with Crippen LogP contribution in [0.3, 0.4) is 0 Å². The molecule has 0 fully saturated rings. The van der Waals surface area contributed by atoms with Gasteiger partial charge in [0.2, 0.25) is 0 Å². The molecular formula is C7H8N2O5S. The Bertz CT molecular complexity index is 522. The fourth-order valence-corrected chi connectivity index (χ4v) is 1.74. The topological polar surface area (TPSA) is 110 Å². The summed E-state index contributed by atoms with van der Waals surface area (Å²) in [6.45, 7) is 2.88. The highest BCUT2D eigenvalue weighted by Crippen LogP contribution is 2.27. The van der Waals surface area contributed by atoms with Gasteiger partial charge in [0.15, 0.2) is 4.90 Å². The molecule has 0 saturated carbocycles. The van der Waals surface area contributed by atoms with Gasteiger partial charge in [0.1, 0.15) is 0 Å². The fraction of sp³-hybridized carbons (Fsp3) is 0.286. The molecule has 0 spiro atoms. The zero-order valence-corrected chi connectivity index (χ0v) is 8.78. The number of aryl methyl sites for hydroxylation is 1. The van der Waals surface area contributed by atoms with Gasteiger partial charge in [-0.15, -0.1) is 0 Å². The molecule has 0 aliphatic rings. The summed E-state index contributed by atoms with van der Waals surface area (Å²) in [4.78, 5) is 12.7. The van der Waals surface area contributed by atoms with Crippen molar-refractivity contribution >= 4 is 15.8 Å². The van der Waals surface area contributed by atoms with Crippen LogP contribution in [0.1, 0.15) is 11.3 Å². The molecule has 0 bridgehead atoms. The lowest BCUT2D eigenvalue weighted by Crippen LogP contribution is -2.07. The number of hydrogen-bond acceptors (Lipinski definition) is 5. The molecule has 0 radical (unpaired) electrons. The van der Waals surface area contributed by atoms with Crippen LogP contribution < -0.4 is 0 Å². The summed E-state index contributed by atoms with van der Waals surface area (Å²) in [7, 11) is -4.62. The maximum Gasteiger partial charge on any atom is 0.302 e. The maximum absolute atomic E-state index is 10.8. The highest BCUT2D eigenvalue weighted by atomic mass is 32.2. The minimum absolute atomic E-state index is 0.120. The first-order valence-corrected chi connectivity index (χ1v) is 5.27. The molecule has 1 rings (SSSR count). The molecular weight excluding hydrogens is 224 g/mol. The summed E-state index contributed by atoms with van der Waals surface area (Å²) in [5.74, 6) is 0. The summed E-state index contributed by atoms with van der Waals surface area (Å²) in [6.07, 6.45) is 0.774. The van der Waals surface area contributed by atoms with Gasteiger partial charge in [0, 0.05) is 11.3 Å². The molecule has 15 heavy (non-hydrogen) atoms. The fourth-order valence-electron chi connectivity index (χ4n) is 1.09. The highest BCUT2D eigenvalue weighted by molar-refractivity contribution is 7.86. The predicted molar refractivity (Wildman–Crippen MR) is 50.2 cm³/mol. The lowest BCUT2D eigenvalue weighted by molar-refractivity contribution is -0.388. The monoisotopic (exact) mass is 232 g/mol. The SMILES string of the molecule is Cc1ncc(S(=O)(=O)O)c([N+](=O)[O-])c1C. The van der Waals surface area contributed by atoms with Crippen molar-refractivity contribution in [2.45, 2.75) is 18.7 Å². The summed E-state index contributed by atoms with van der Waals surface area (Å²) in [6, 6.07) is 0. The van der Waals surface area contributed by atoms with E-state index >= 15 is 0 Å². The van der Waals surface area contributed by atoms with E-state index < -0.39 is 25.6 Å². The van der Waals surface area contributed by atoms with Gasteiger partial charge in [-0.2, -0.15) is 8.42 Å². The quantitative estimate of drug-likeness (QED) is 0.459. The second kappa shape index (κ2) is 3.55. The second-order valence-corrected chi connectivity index (χ2v) is 4.30. The molecule has 0 aliphatic carbocycles. The molecule has 1 aromatic rings. The third kappa shape index (κ3) is 2.10. The predicted octanol–water partition coefficient (Wildman–Crippen LogP) is 0.853. The highest BCUT2D eigenvalue weighted by Gasteiger charge is 2.27. The molecule has 0 aliphatic heterocycles. The number of nitrogens with zero attached hydrogens (tertiary/aromatic N) is 2. The van der Waals surface area contributed by atoms with Gasteiger partial charge >= 0.3 is 10.1 Å². The Kier molecular flexibility index (Phi) is 2.73. The van der Waals surface area contributed by atoms with E-state index in [2.05, 4.69) is 4.98 Å². The van der Waals surface area contributed by atoms with Crippen molar-refractivity contribution < 1.29 is 17.9 Å². The molecule has 0 unspecified atom stereocenters. The molecule has 1 aromatic heterocycles. The van der Waals surface area contributed by atoms with Gasteiger partial charge in [-0.25, -0.2) is 0 Å². The smallest absolute Gasteiger partial charge is 0.282 e. The van der Waals surface area contributed by atoms with E-state index in [4.69, 9.17) is 4.55 Å². The van der Waals surface area contributed by atoms with Crippen LogP contribution in [0.4, 0.5) is 5.69 Å². The number of hydrogen-bond donors (Lipinski definition) is 1. The lowest BCUT2D eigenvalue weighted by Gasteiger charge is -2.04. The van der Waals surface area contributed by atoms with E-state index in [0.717, 1.165) is 6.20 Å². The lowest BCUT2D eigenvalue weighted by atomic mass is 10.2. The van der Waals surface area contributed by atoms with Gasteiger partial charge in [-0.1, -0.05) is 0 Å². The number of pyridine rings is 1. The van der Waals surface area contributed by atoms with Crippen LogP contribution in [0, 0.1) is 24.0 Å². The van der Waals surface area contributed by atoms with Crippen molar-refractivity contribution in [1.82, 2.24) is 4.98 Å². The molecule has 82 valence electrons. The standard InChI is InChI=1S/C7H8N2O5S/c1-4-5(2)8-3-6(15(12,13)14)7(4)9(10)11/h3H,1-2H3,(H,12,13,14). The second-order valence-electron chi connectivity index (χ2n) is 2.91. The zero-order valence-electron chi connectivity index (χ0n) is 7.96. The summed E-state index contributed by atoms with van der Waals surface area (Å²) >= 11 is 0. The van der Waals surface area contributed by atoms with Crippen LogP contribution in [-0.4, -0.2) is 22.9 Å². The molecule has 0 saturated heterocycles. The molecule has 7 nitrogen and oxygen atoms in total. The number of nitro groups is 1. The first-order chi connectivity index (χ1) is 6.75. The Labute approximate surface area is 85.7 Å². The van der Waals surface area contributed by atoms with E-state index in [-0.39, 0.29) is 5.56 Å². The summed E-state index contributed by atoms with van der Waals surface area (Å²) in [5, 5.41) is 10.6. The largest absolute Gasteiger partial charge is 0.302 e. The number of rotatable bonds is 2. The van der Waals surface area contributed by atoms with Crippen molar-refractivity contribution in [2.24, 2.45) is 0 Å². The van der Waals surface area contributed by atoms with Gasteiger partial charge in [-0.05, 0) is 13.8 Å². The molecule has 0 amide bonds. The van der Waals surface area contributed by atoms with Gasteiger partial charge in [0.05, 0.1) is 11.1 Å². The Morgan fingerprint density at radius 2 is 2.00 bits per heavy atom. The van der Waals surface area contributed by atoms with Crippen molar-refractivity contribution in [1.29, 1.82) is 0 Å². The van der Waals surface area contributed by atoms with E-state index in [1.54, 1.807) is 0 Å². The number of aromatic nitrogens is 1. The molecule has 0 aromatic carbocycles. The van der Waals surface area contributed by atoms with Crippen molar-refractivity contribution in [3.8, 4) is 0 Å². The molecule has 1 N–H and O–H groups in total. The van der Waals surface area contributed by atoms with Crippen LogP contribution in [0.15, 0.2) is 11.1 Å². The van der Waals surface area contributed by atoms with Crippen molar-refractivity contribution in [3.05, 3.63) is 27.6 Å². The first-order valence-electron chi connectivity index (χ1n) is 3.83. The van der Waals surface area contributed by atoms with Crippen LogP contribution >= 0.6 is 0 Å². The minimum atomic E-state index is -4.62. The Morgan fingerprint density at radius 3 is 2.40 bits per heavy atom.